The highest BCUT2D eigenvalue weighted by Gasteiger charge is 2.40. The molecule has 5 heteroatoms. The lowest BCUT2D eigenvalue weighted by molar-refractivity contribution is -0.0595. The number of morpholine rings is 1. The number of pyridine rings is 2. The summed E-state index contributed by atoms with van der Waals surface area (Å²) in [5.41, 5.74) is 2.32. The first-order valence-electron chi connectivity index (χ1n) is 9.10. The zero-order chi connectivity index (χ0) is 16.9. The molecule has 0 amide bonds. The molecule has 1 aliphatic carbocycles. The summed E-state index contributed by atoms with van der Waals surface area (Å²) >= 11 is 0. The molecule has 5 nitrogen and oxygen atoms in total. The Hall–Kier alpha value is -1.82. The average molecular weight is 339 g/mol. The van der Waals surface area contributed by atoms with E-state index in [1.165, 1.54) is 5.56 Å². The highest BCUT2D eigenvalue weighted by atomic mass is 16.5. The normalized spacial score (nSPS) is 26.5. The SMILES string of the molecule is c1ccc(CN2CCO[C@H]3C[C@H](COCc4ccncc4)C[C@@H]32)nc1. The van der Waals surface area contributed by atoms with Crippen LogP contribution in [0.3, 0.4) is 0 Å². The minimum atomic E-state index is 0.340. The Kier molecular flexibility index (Phi) is 5.35. The third-order valence-electron chi connectivity index (χ3n) is 5.21. The topological polar surface area (TPSA) is 47.5 Å². The van der Waals surface area contributed by atoms with Gasteiger partial charge < -0.3 is 9.47 Å². The number of hydrogen-bond acceptors (Lipinski definition) is 5. The molecule has 1 saturated heterocycles. The molecule has 2 aromatic rings. The van der Waals surface area contributed by atoms with Gasteiger partial charge in [-0.3, -0.25) is 14.9 Å². The largest absolute Gasteiger partial charge is 0.376 e. The Labute approximate surface area is 149 Å². The summed E-state index contributed by atoms with van der Waals surface area (Å²) in [6, 6.07) is 10.6. The monoisotopic (exact) mass is 339 g/mol. The Morgan fingerprint density at radius 1 is 1.12 bits per heavy atom. The first kappa shape index (κ1) is 16.6. The van der Waals surface area contributed by atoms with Crippen LogP contribution in [0.2, 0.25) is 0 Å². The number of ether oxygens (including phenoxy) is 2. The maximum atomic E-state index is 6.04. The third kappa shape index (κ3) is 4.24. The summed E-state index contributed by atoms with van der Waals surface area (Å²) in [5, 5.41) is 0. The van der Waals surface area contributed by atoms with Crippen LogP contribution < -0.4 is 0 Å². The van der Waals surface area contributed by atoms with E-state index < -0.39 is 0 Å². The summed E-state index contributed by atoms with van der Waals surface area (Å²) in [7, 11) is 0. The fraction of sp³-hybridized carbons (Fsp3) is 0.500. The summed E-state index contributed by atoms with van der Waals surface area (Å²) in [5.74, 6) is 0.571. The minimum Gasteiger partial charge on any atom is -0.376 e. The fourth-order valence-electron chi connectivity index (χ4n) is 3.98. The Bertz CT molecular complexity index is 653. The van der Waals surface area contributed by atoms with E-state index in [0.717, 1.165) is 44.8 Å². The molecule has 3 heterocycles. The van der Waals surface area contributed by atoms with E-state index in [4.69, 9.17) is 9.47 Å². The molecule has 1 saturated carbocycles. The Morgan fingerprint density at radius 2 is 2.04 bits per heavy atom. The van der Waals surface area contributed by atoms with Gasteiger partial charge in [0.2, 0.25) is 0 Å². The van der Waals surface area contributed by atoms with Crippen molar-refractivity contribution < 1.29 is 9.47 Å². The molecule has 4 rings (SSSR count). The number of nitrogens with zero attached hydrogens (tertiary/aromatic N) is 3. The van der Waals surface area contributed by atoms with Crippen LogP contribution in [0.5, 0.6) is 0 Å². The third-order valence-corrected chi connectivity index (χ3v) is 5.21. The molecule has 0 aromatic carbocycles. The van der Waals surface area contributed by atoms with E-state index in [1.54, 1.807) is 0 Å². The van der Waals surface area contributed by atoms with Crippen LogP contribution >= 0.6 is 0 Å². The molecule has 0 radical (unpaired) electrons. The zero-order valence-electron chi connectivity index (χ0n) is 14.5. The van der Waals surface area contributed by atoms with Crippen LogP contribution in [0, 0.1) is 5.92 Å². The van der Waals surface area contributed by atoms with E-state index in [9.17, 15) is 0 Å². The lowest BCUT2D eigenvalue weighted by Crippen LogP contribution is -2.47. The van der Waals surface area contributed by atoms with Crippen molar-refractivity contribution in [1.29, 1.82) is 0 Å². The lowest BCUT2D eigenvalue weighted by atomic mass is 10.1. The van der Waals surface area contributed by atoms with Crippen molar-refractivity contribution in [3.8, 4) is 0 Å². The number of aromatic nitrogens is 2. The van der Waals surface area contributed by atoms with Crippen LogP contribution in [0.1, 0.15) is 24.1 Å². The molecule has 25 heavy (non-hydrogen) atoms. The molecular formula is C20H25N3O2. The summed E-state index contributed by atoms with van der Waals surface area (Å²) in [4.78, 5) is 11.1. The molecule has 1 aliphatic heterocycles. The Balaban J connectivity index is 1.30. The standard InChI is InChI=1S/C20H25N3O2/c1-2-6-22-18(3-1)13-23-9-10-25-20-12-17(11-19(20)23)15-24-14-16-4-7-21-8-5-16/h1-8,17,19-20H,9-15H2/t17-,19+,20+/m1/s1. The molecule has 2 fully saturated rings. The minimum absolute atomic E-state index is 0.340. The van der Waals surface area contributed by atoms with E-state index >= 15 is 0 Å². The van der Waals surface area contributed by atoms with E-state index in [2.05, 4.69) is 27.0 Å². The van der Waals surface area contributed by atoms with Crippen molar-refractivity contribution in [2.24, 2.45) is 5.92 Å². The van der Waals surface area contributed by atoms with Crippen molar-refractivity contribution in [1.82, 2.24) is 14.9 Å². The summed E-state index contributed by atoms with van der Waals surface area (Å²) in [6.07, 6.45) is 8.08. The summed E-state index contributed by atoms with van der Waals surface area (Å²) in [6.45, 7) is 4.18. The van der Waals surface area contributed by atoms with Crippen molar-refractivity contribution >= 4 is 0 Å². The van der Waals surface area contributed by atoms with E-state index in [0.29, 0.717) is 24.7 Å². The second kappa shape index (κ2) is 8.04. The van der Waals surface area contributed by atoms with Gasteiger partial charge in [-0.25, -0.2) is 0 Å². The highest BCUT2D eigenvalue weighted by molar-refractivity contribution is 5.08. The van der Waals surface area contributed by atoms with Crippen LogP contribution in [0.25, 0.3) is 0 Å². The van der Waals surface area contributed by atoms with Gasteiger partial charge in [-0.2, -0.15) is 0 Å². The van der Waals surface area contributed by atoms with Crippen LogP contribution in [0.4, 0.5) is 0 Å². The lowest BCUT2D eigenvalue weighted by Gasteiger charge is -2.37. The van der Waals surface area contributed by atoms with Gasteiger partial charge in [0.15, 0.2) is 0 Å². The van der Waals surface area contributed by atoms with Gasteiger partial charge in [0.05, 0.1) is 25.0 Å². The Morgan fingerprint density at radius 3 is 2.88 bits per heavy atom. The van der Waals surface area contributed by atoms with Gasteiger partial charge in [-0.15, -0.1) is 0 Å². The van der Waals surface area contributed by atoms with Crippen molar-refractivity contribution in [2.45, 2.75) is 38.1 Å². The van der Waals surface area contributed by atoms with Crippen LogP contribution in [-0.2, 0) is 22.6 Å². The van der Waals surface area contributed by atoms with Crippen LogP contribution in [0.15, 0.2) is 48.9 Å². The fourth-order valence-corrected chi connectivity index (χ4v) is 3.98. The van der Waals surface area contributed by atoms with Gasteiger partial charge in [0, 0.05) is 44.3 Å². The molecule has 132 valence electrons. The molecule has 0 bridgehead atoms. The molecule has 2 aromatic heterocycles. The van der Waals surface area contributed by atoms with Crippen molar-refractivity contribution in [3.63, 3.8) is 0 Å². The molecular weight excluding hydrogens is 314 g/mol. The number of hydrogen-bond donors (Lipinski definition) is 0. The van der Waals surface area contributed by atoms with E-state index in [-0.39, 0.29) is 0 Å². The molecule has 0 unspecified atom stereocenters. The number of fused-ring (bicyclic) bond motifs is 1. The van der Waals surface area contributed by atoms with Crippen LogP contribution in [-0.4, -0.2) is 46.8 Å². The van der Waals surface area contributed by atoms with Gasteiger partial charge >= 0.3 is 0 Å². The number of rotatable bonds is 6. The molecule has 0 spiro atoms. The van der Waals surface area contributed by atoms with Gasteiger partial charge in [-0.1, -0.05) is 6.07 Å². The molecule has 3 atom stereocenters. The second-order valence-electron chi connectivity index (χ2n) is 6.98. The first-order valence-corrected chi connectivity index (χ1v) is 9.10. The van der Waals surface area contributed by atoms with Gasteiger partial charge in [0.25, 0.3) is 0 Å². The predicted molar refractivity (Wildman–Crippen MR) is 94.8 cm³/mol. The van der Waals surface area contributed by atoms with Crippen molar-refractivity contribution in [2.75, 3.05) is 19.8 Å². The smallest absolute Gasteiger partial charge is 0.0734 e. The maximum Gasteiger partial charge on any atom is 0.0734 e. The first-order chi connectivity index (χ1) is 12.4. The second-order valence-corrected chi connectivity index (χ2v) is 6.98. The maximum absolute atomic E-state index is 6.04. The zero-order valence-corrected chi connectivity index (χ0v) is 14.5. The van der Waals surface area contributed by atoms with Crippen molar-refractivity contribution in [3.05, 3.63) is 60.2 Å². The van der Waals surface area contributed by atoms with Gasteiger partial charge in [-0.05, 0) is 48.6 Å². The quantitative estimate of drug-likeness (QED) is 0.810. The summed E-state index contributed by atoms with van der Waals surface area (Å²) < 4.78 is 12.0. The highest BCUT2D eigenvalue weighted by Crippen LogP contribution is 2.35. The van der Waals surface area contributed by atoms with Gasteiger partial charge in [0.1, 0.15) is 0 Å². The molecule has 0 N–H and O–H groups in total. The predicted octanol–water partition coefficient (Wildman–Crippen LogP) is 2.67. The molecule has 2 aliphatic rings. The average Bonchev–Trinajstić information content (AvgIpc) is 3.08. The van der Waals surface area contributed by atoms with E-state index in [1.807, 2.05) is 36.8 Å².